The third kappa shape index (κ3) is 4.03. The molecular weight excluding hydrogens is 374 g/mol. The van der Waals surface area contributed by atoms with Gasteiger partial charge in [0, 0.05) is 11.5 Å². The number of alkyl halides is 2. The Bertz CT molecular complexity index is 983. The van der Waals surface area contributed by atoms with Crippen LogP contribution in [0.4, 0.5) is 8.78 Å². The molecule has 26 heavy (non-hydrogen) atoms. The third-order valence-electron chi connectivity index (χ3n) is 3.21. The lowest BCUT2D eigenvalue weighted by Crippen LogP contribution is -2.34. The van der Waals surface area contributed by atoms with Crippen LogP contribution < -0.4 is 4.74 Å². The van der Waals surface area contributed by atoms with Gasteiger partial charge in [-0.05, 0) is 11.5 Å². The summed E-state index contributed by atoms with van der Waals surface area (Å²) < 4.78 is 66.9. The van der Waals surface area contributed by atoms with Crippen LogP contribution in [0.15, 0.2) is 49.1 Å². The van der Waals surface area contributed by atoms with E-state index in [0.717, 1.165) is 12.1 Å². The molecule has 0 saturated carbocycles. The Balaban J connectivity index is 2.41. The molecule has 0 aliphatic heterocycles. The van der Waals surface area contributed by atoms with Crippen molar-refractivity contribution in [3.05, 3.63) is 54.6 Å². The van der Waals surface area contributed by atoms with Crippen molar-refractivity contribution >= 4 is 32.8 Å². The van der Waals surface area contributed by atoms with Crippen LogP contribution in [0.2, 0.25) is 0 Å². The number of rotatable bonds is 6. The molecule has 0 aliphatic carbocycles. The fourth-order valence-corrected chi connectivity index (χ4v) is 2.16. The van der Waals surface area contributed by atoms with Gasteiger partial charge in [-0.1, -0.05) is 36.9 Å². The Morgan fingerprint density at radius 2 is 1.85 bits per heavy atom. The van der Waals surface area contributed by atoms with Crippen LogP contribution in [-0.4, -0.2) is 36.8 Å². The number of ether oxygens (including phenoxy) is 2. The molecule has 10 heteroatoms. The van der Waals surface area contributed by atoms with Gasteiger partial charge in [0.05, 0.1) is 0 Å². The summed E-state index contributed by atoms with van der Waals surface area (Å²) in [5.41, 5.74) is -0.405. The standard InChI is InChI=1S/C16H12F2O7S/c1-2-13(19)25-14-11-6-4-3-5-10(11)7-8-12(14)15(20)24-9-16(17,18)26(21,22)23/h2-8H,1,9H2,(H,21,22,23)/p-1. The Labute approximate surface area is 146 Å². The number of hydrogen-bond acceptors (Lipinski definition) is 7. The molecule has 0 spiro atoms. The topological polar surface area (TPSA) is 110 Å². The summed E-state index contributed by atoms with van der Waals surface area (Å²) in [4.78, 5) is 23.6. The molecule has 0 amide bonds. The first-order valence-corrected chi connectivity index (χ1v) is 8.34. The van der Waals surface area contributed by atoms with Crippen molar-refractivity contribution in [3.63, 3.8) is 0 Å². The van der Waals surface area contributed by atoms with Gasteiger partial charge in [-0.25, -0.2) is 18.0 Å². The van der Waals surface area contributed by atoms with Gasteiger partial charge in [0.2, 0.25) is 0 Å². The lowest BCUT2D eigenvalue weighted by Gasteiger charge is -2.19. The van der Waals surface area contributed by atoms with Crippen molar-refractivity contribution in [1.29, 1.82) is 0 Å². The van der Waals surface area contributed by atoms with Crippen molar-refractivity contribution in [2.45, 2.75) is 5.25 Å². The smallest absolute Gasteiger partial charge is 0.367 e. The summed E-state index contributed by atoms with van der Waals surface area (Å²) in [5, 5.41) is -3.92. The molecule has 2 rings (SSSR count). The van der Waals surface area contributed by atoms with E-state index in [2.05, 4.69) is 11.3 Å². The van der Waals surface area contributed by atoms with Gasteiger partial charge in [-0.3, -0.25) is 0 Å². The summed E-state index contributed by atoms with van der Waals surface area (Å²) in [6, 6.07) is 9.02. The van der Waals surface area contributed by atoms with Crippen LogP contribution in [0.3, 0.4) is 0 Å². The molecule has 2 aromatic rings. The summed E-state index contributed by atoms with van der Waals surface area (Å²) in [6.45, 7) is 1.24. The van der Waals surface area contributed by atoms with Crippen LogP contribution in [0.5, 0.6) is 5.75 Å². The fourth-order valence-electron chi connectivity index (χ4n) is 1.96. The van der Waals surface area contributed by atoms with E-state index >= 15 is 0 Å². The average molecular weight is 385 g/mol. The molecule has 138 valence electrons. The van der Waals surface area contributed by atoms with E-state index in [1.807, 2.05) is 0 Å². The lowest BCUT2D eigenvalue weighted by atomic mass is 10.1. The predicted octanol–water partition coefficient (Wildman–Crippen LogP) is 2.23. The SMILES string of the molecule is C=CC(=O)Oc1c(C(=O)OCC(F)(F)S(=O)(=O)[O-])ccc2ccccc12. The van der Waals surface area contributed by atoms with Crippen molar-refractivity contribution in [3.8, 4) is 5.75 Å². The number of carbonyl (C=O) groups excluding carboxylic acids is 2. The predicted molar refractivity (Wildman–Crippen MR) is 84.7 cm³/mol. The normalized spacial score (nSPS) is 11.8. The van der Waals surface area contributed by atoms with Crippen molar-refractivity contribution in [2.24, 2.45) is 0 Å². The Morgan fingerprint density at radius 3 is 2.46 bits per heavy atom. The zero-order valence-corrected chi connectivity index (χ0v) is 13.8. The zero-order valence-electron chi connectivity index (χ0n) is 13.0. The summed E-state index contributed by atoms with van der Waals surface area (Å²) in [5.74, 6) is -2.58. The first kappa shape index (κ1) is 19.5. The summed E-state index contributed by atoms with van der Waals surface area (Å²) in [6.07, 6.45) is 0.828. The highest BCUT2D eigenvalue weighted by Crippen LogP contribution is 2.31. The Hall–Kier alpha value is -2.85. The molecule has 0 fully saturated rings. The monoisotopic (exact) mass is 385 g/mol. The van der Waals surface area contributed by atoms with Crippen LogP contribution in [0, 0.1) is 0 Å². The third-order valence-corrected chi connectivity index (χ3v) is 4.06. The van der Waals surface area contributed by atoms with E-state index in [1.165, 1.54) is 12.1 Å². The lowest BCUT2D eigenvalue weighted by molar-refractivity contribution is -0.128. The number of benzene rings is 2. The number of esters is 2. The molecule has 0 radical (unpaired) electrons. The van der Waals surface area contributed by atoms with E-state index < -0.39 is 39.5 Å². The van der Waals surface area contributed by atoms with Gasteiger partial charge in [0.15, 0.2) is 22.5 Å². The van der Waals surface area contributed by atoms with Crippen molar-refractivity contribution < 1.29 is 40.8 Å². The van der Waals surface area contributed by atoms with Gasteiger partial charge in [-0.15, -0.1) is 0 Å². The minimum absolute atomic E-state index is 0.272. The minimum Gasteiger partial charge on any atom is -0.743 e. The van der Waals surface area contributed by atoms with Crippen LogP contribution in [-0.2, 0) is 19.6 Å². The molecule has 0 bridgehead atoms. The molecule has 7 nitrogen and oxygen atoms in total. The molecule has 0 heterocycles. The largest absolute Gasteiger partial charge is 0.743 e. The van der Waals surface area contributed by atoms with E-state index in [-0.39, 0.29) is 5.75 Å². The van der Waals surface area contributed by atoms with Gasteiger partial charge in [0.25, 0.3) is 0 Å². The Kier molecular flexibility index (Phi) is 5.38. The zero-order chi connectivity index (χ0) is 19.5. The molecule has 0 atom stereocenters. The maximum Gasteiger partial charge on any atom is 0.367 e. The maximum atomic E-state index is 13.1. The number of carbonyl (C=O) groups is 2. The Morgan fingerprint density at radius 1 is 1.19 bits per heavy atom. The minimum atomic E-state index is -6.01. The fraction of sp³-hybridized carbons (Fsp3) is 0.125. The highest BCUT2D eigenvalue weighted by molar-refractivity contribution is 7.86. The first-order valence-electron chi connectivity index (χ1n) is 6.93. The molecule has 0 saturated heterocycles. The van der Waals surface area contributed by atoms with Crippen LogP contribution in [0.25, 0.3) is 10.8 Å². The van der Waals surface area contributed by atoms with E-state index in [4.69, 9.17) is 4.74 Å². The highest BCUT2D eigenvalue weighted by Gasteiger charge is 2.39. The first-order chi connectivity index (χ1) is 12.1. The van der Waals surface area contributed by atoms with Crippen LogP contribution >= 0.6 is 0 Å². The average Bonchev–Trinajstić information content (AvgIpc) is 2.58. The second-order valence-electron chi connectivity index (χ2n) is 4.96. The second kappa shape index (κ2) is 7.18. The van der Waals surface area contributed by atoms with Gasteiger partial charge >= 0.3 is 17.2 Å². The van der Waals surface area contributed by atoms with E-state index in [0.29, 0.717) is 10.8 Å². The van der Waals surface area contributed by atoms with Gasteiger partial charge in [0.1, 0.15) is 5.56 Å². The second-order valence-corrected chi connectivity index (χ2v) is 6.46. The molecular formula is C16H11F2O7S-. The molecule has 0 N–H and O–H groups in total. The maximum absolute atomic E-state index is 13.1. The molecule has 2 aromatic carbocycles. The molecule has 0 unspecified atom stereocenters. The molecule has 0 aliphatic rings. The highest BCUT2D eigenvalue weighted by atomic mass is 32.2. The quantitative estimate of drug-likeness (QED) is 0.324. The summed E-state index contributed by atoms with van der Waals surface area (Å²) >= 11 is 0. The molecule has 0 aromatic heterocycles. The number of halogens is 2. The van der Waals surface area contributed by atoms with Crippen LogP contribution in [0.1, 0.15) is 10.4 Å². The van der Waals surface area contributed by atoms with Crippen molar-refractivity contribution in [2.75, 3.05) is 6.61 Å². The number of hydrogen-bond donors (Lipinski definition) is 0. The summed E-state index contributed by atoms with van der Waals surface area (Å²) in [7, 11) is -6.01. The van der Waals surface area contributed by atoms with Gasteiger partial charge < -0.3 is 14.0 Å². The van der Waals surface area contributed by atoms with E-state index in [1.54, 1.807) is 18.2 Å². The van der Waals surface area contributed by atoms with Gasteiger partial charge in [-0.2, -0.15) is 8.78 Å². The van der Waals surface area contributed by atoms with E-state index in [9.17, 15) is 31.3 Å². The van der Waals surface area contributed by atoms with Crippen molar-refractivity contribution in [1.82, 2.24) is 0 Å². The number of fused-ring (bicyclic) bond motifs is 1.